The summed E-state index contributed by atoms with van der Waals surface area (Å²) in [5.74, 6) is -0.452. The van der Waals surface area contributed by atoms with Crippen LogP contribution in [0.4, 0.5) is 0 Å². The highest BCUT2D eigenvalue weighted by Crippen LogP contribution is 2.14. The highest BCUT2D eigenvalue weighted by Gasteiger charge is 2.16. The number of nitrogens with zero attached hydrogens (tertiary/aromatic N) is 1. The van der Waals surface area contributed by atoms with Crippen molar-refractivity contribution in [1.82, 2.24) is 10.2 Å². The molecule has 0 aliphatic rings. The van der Waals surface area contributed by atoms with Crippen LogP contribution in [0, 0.1) is 0 Å². The Kier molecular flexibility index (Phi) is 3.23. The van der Waals surface area contributed by atoms with Gasteiger partial charge in [-0.1, -0.05) is 19.2 Å². The van der Waals surface area contributed by atoms with Crippen molar-refractivity contribution in [3.8, 4) is 0 Å². The number of H-pyrrole nitrogens is 1. The number of aromatic amines is 1. The quantitative estimate of drug-likeness (QED) is 0.741. The zero-order valence-corrected chi connectivity index (χ0v) is 8.04. The fourth-order valence-electron chi connectivity index (χ4n) is 1.08. The lowest BCUT2D eigenvalue weighted by atomic mass is 10.2. The number of ether oxygens (including phenoxy) is 1. The van der Waals surface area contributed by atoms with Crippen molar-refractivity contribution >= 4 is 18.1 Å². The zero-order chi connectivity index (χ0) is 10.6. The molecule has 1 aromatic heterocycles. The van der Waals surface area contributed by atoms with Crippen LogP contribution >= 0.6 is 0 Å². The number of hydrogen-bond acceptors (Lipinski definition) is 3. The van der Waals surface area contributed by atoms with Crippen LogP contribution in [0.5, 0.6) is 0 Å². The Morgan fingerprint density at radius 2 is 2.29 bits per heavy atom. The minimum Gasteiger partial charge on any atom is -0.461 e. The van der Waals surface area contributed by atoms with E-state index in [1.54, 1.807) is 19.1 Å². The third-order valence-electron chi connectivity index (χ3n) is 1.71. The summed E-state index contributed by atoms with van der Waals surface area (Å²) in [5, 5.41) is 6.51. The molecule has 4 heteroatoms. The molecule has 0 saturated heterocycles. The van der Waals surface area contributed by atoms with Gasteiger partial charge in [-0.15, -0.1) is 0 Å². The van der Waals surface area contributed by atoms with Crippen molar-refractivity contribution in [1.29, 1.82) is 0 Å². The molecule has 1 heterocycles. The molecule has 0 aliphatic carbocycles. The fraction of sp³-hybridized carbons (Fsp3) is 0.200. The van der Waals surface area contributed by atoms with E-state index in [2.05, 4.69) is 23.4 Å². The molecule has 0 aliphatic heterocycles. The molecule has 4 nitrogen and oxygen atoms in total. The second kappa shape index (κ2) is 4.41. The lowest BCUT2D eigenvalue weighted by Crippen LogP contribution is -2.06. The molecule has 1 rings (SSSR count). The Balaban J connectivity index is 3.08. The number of carbonyl (C=O) groups excluding carboxylic acids is 1. The fourth-order valence-corrected chi connectivity index (χ4v) is 1.08. The molecule has 0 radical (unpaired) electrons. The van der Waals surface area contributed by atoms with E-state index in [1.165, 1.54) is 0 Å². The van der Waals surface area contributed by atoms with Gasteiger partial charge in [-0.05, 0) is 13.0 Å². The van der Waals surface area contributed by atoms with Gasteiger partial charge in [-0.3, -0.25) is 5.10 Å². The summed E-state index contributed by atoms with van der Waals surface area (Å²) in [6.07, 6.45) is 3.12. The lowest BCUT2D eigenvalue weighted by Gasteiger charge is -1.98. The molecule has 0 amide bonds. The molecule has 1 N–H and O–H groups in total. The summed E-state index contributed by atoms with van der Waals surface area (Å²) < 4.78 is 4.82. The van der Waals surface area contributed by atoms with Crippen molar-refractivity contribution in [2.24, 2.45) is 0 Å². The normalized spacial score (nSPS) is 9.50. The summed E-state index contributed by atoms with van der Waals surface area (Å²) in [7, 11) is 0. The minimum atomic E-state index is -0.452. The van der Waals surface area contributed by atoms with E-state index < -0.39 is 5.97 Å². The molecule has 0 bridgehead atoms. The largest absolute Gasteiger partial charge is 0.461 e. The molecule has 0 spiro atoms. The van der Waals surface area contributed by atoms with Gasteiger partial charge in [0.1, 0.15) is 0 Å². The number of esters is 1. The predicted octanol–water partition coefficient (Wildman–Crippen LogP) is 1.87. The first-order chi connectivity index (χ1) is 6.74. The average Bonchev–Trinajstić information content (AvgIpc) is 2.60. The van der Waals surface area contributed by atoms with Gasteiger partial charge in [0.05, 0.1) is 12.3 Å². The first kappa shape index (κ1) is 10.2. The predicted molar refractivity (Wildman–Crippen MR) is 54.7 cm³/mol. The summed E-state index contributed by atoms with van der Waals surface area (Å²) in [5.41, 5.74) is 1.54. The molecule has 74 valence electrons. The Bertz CT molecular complexity index is 366. The first-order valence-corrected chi connectivity index (χ1v) is 4.25. The molecule has 0 fully saturated rings. The van der Waals surface area contributed by atoms with E-state index in [-0.39, 0.29) is 5.69 Å². The van der Waals surface area contributed by atoms with E-state index in [1.807, 2.05) is 0 Å². The van der Waals surface area contributed by atoms with Crippen LogP contribution in [0.3, 0.4) is 0 Å². The Hall–Kier alpha value is -1.84. The molecule has 14 heavy (non-hydrogen) atoms. The molecular weight excluding hydrogens is 180 g/mol. The molecule has 0 aromatic carbocycles. The van der Waals surface area contributed by atoms with E-state index >= 15 is 0 Å². The second-order valence-corrected chi connectivity index (χ2v) is 2.53. The van der Waals surface area contributed by atoms with Crippen LogP contribution in [0.2, 0.25) is 0 Å². The summed E-state index contributed by atoms with van der Waals surface area (Å²) in [4.78, 5) is 11.4. The Morgan fingerprint density at radius 3 is 2.79 bits per heavy atom. The van der Waals surface area contributed by atoms with Gasteiger partial charge in [0, 0.05) is 5.56 Å². The van der Waals surface area contributed by atoms with Gasteiger partial charge >= 0.3 is 5.97 Å². The SMILES string of the molecule is C=Cc1[nH]nc(C(=O)OCC)c1C=C. The summed E-state index contributed by atoms with van der Waals surface area (Å²) in [6, 6.07) is 0. The Morgan fingerprint density at radius 1 is 1.57 bits per heavy atom. The number of rotatable bonds is 4. The molecule has 1 aromatic rings. The molecule has 0 unspecified atom stereocenters. The van der Waals surface area contributed by atoms with Crippen molar-refractivity contribution in [2.45, 2.75) is 6.92 Å². The molecule has 0 atom stereocenters. The van der Waals surface area contributed by atoms with Crippen LogP contribution in [0.25, 0.3) is 12.2 Å². The van der Waals surface area contributed by atoms with Crippen molar-refractivity contribution in [2.75, 3.05) is 6.61 Å². The van der Waals surface area contributed by atoms with Gasteiger partial charge < -0.3 is 4.74 Å². The van der Waals surface area contributed by atoms with Crippen molar-refractivity contribution < 1.29 is 9.53 Å². The van der Waals surface area contributed by atoms with Crippen LogP contribution in [-0.2, 0) is 4.74 Å². The minimum absolute atomic E-state index is 0.247. The first-order valence-electron chi connectivity index (χ1n) is 4.25. The summed E-state index contributed by atoms with van der Waals surface area (Å²) in [6.45, 7) is 9.25. The standard InChI is InChI=1S/C10H12N2O2/c1-4-7-8(5-2)11-12-9(7)10(13)14-6-3/h4-5H,1-2,6H2,3H3,(H,11,12). The zero-order valence-electron chi connectivity index (χ0n) is 8.04. The average molecular weight is 192 g/mol. The van der Waals surface area contributed by atoms with Gasteiger partial charge in [0.25, 0.3) is 0 Å². The highest BCUT2D eigenvalue weighted by atomic mass is 16.5. The number of carbonyl (C=O) groups is 1. The van der Waals surface area contributed by atoms with Crippen LogP contribution in [-0.4, -0.2) is 22.8 Å². The molecular formula is C10H12N2O2. The van der Waals surface area contributed by atoms with Crippen LogP contribution < -0.4 is 0 Å². The van der Waals surface area contributed by atoms with Crippen molar-refractivity contribution in [3.63, 3.8) is 0 Å². The van der Waals surface area contributed by atoms with Crippen molar-refractivity contribution in [3.05, 3.63) is 30.1 Å². The van der Waals surface area contributed by atoms with Crippen LogP contribution in [0.1, 0.15) is 28.7 Å². The van der Waals surface area contributed by atoms with Gasteiger partial charge in [0.2, 0.25) is 0 Å². The third-order valence-corrected chi connectivity index (χ3v) is 1.71. The maximum atomic E-state index is 11.4. The number of nitrogens with one attached hydrogen (secondary N) is 1. The summed E-state index contributed by atoms with van der Waals surface area (Å²) >= 11 is 0. The van der Waals surface area contributed by atoms with Crippen LogP contribution in [0.15, 0.2) is 13.2 Å². The van der Waals surface area contributed by atoms with Gasteiger partial charge in [0.15, 0.2) is 5.69 Å². The van der Waals surface area contributed by atoms with E-state index in [9.17, 15) is 4.79 Å². The smallest absolute Gasteiger partial charge is 0.359 e. The van der Waals surface area contributed by atoms with E-state index in [0.717, 1.165) is 0 Å². The van der Waals surface area contributed by atoms with Gasteiger partial charge in [-0.2, -0.15) is 5.10 Å². The monoisotopic (exact) mass is 192 g/mol. The Labute approximate surface area is 82.3 Å². The third kappa shape index (κ3) is 1.74. The number of hydrogen-bond donors (Lipinski definition) is 1. The maximum absolute atomic E-state index is 11.4. The van der Waals surface area contributed by atoms with E-state index in [0.29, 0.717) is 17.9 Å². The maximum Gasteiger partial charge on any atom is 0.359 e. The highest BCUT2D eigenvalue weighted by molar-refractivity contribution is 5.92. The second-order valence-electron chi connectivity index (χ2n) is 2.53. The lowest BCUT2D eigenvalue weighted by molar-refractivity contribution is 0.0519. The van der Waals surface area contributed by atoms with E-state index in [4.69, 9.17) is 4.74 Å². The topological polar surface area (TPSA) is 55.0 Å². The van der Waals surface area contributed by atoms with Gasteiger partial charge in [-0.25, -0.2) is 4.79 Å². The number of aromatic nitrogens is 2. The molecule has 0 saturated carbocycles.